The molecule has 6 heteroatoms. The summed E-state index contributed by atoms with van der Waals surface area (Å²) in [6.07, 6.45) is 2.75. The molecule has 1 unspecified atom stereocenters. The number of carbonyl (C=O) groups is 1. The van der Waals surface area contributed by atoms with E-state index in [9.17, 15) is 4.79 Å². The number of ether oxygens (including phenoxy) is 2. The van der Waals surface area contributed by atoms with E-state index in [1.165, 1.54) is 5.69 Å². The Balaban J connectivity index is 1.64. The zero-order chi connectivity index (χ0) is 17.3. The second kappa shape index (κ2) is 6.75. The van der Waals surface area contributed by atoms with Crippen LogP contribution in [0.25, 0.3) is 0 Å². The zero-order valence-electron chi connectivity index (χ0n) is 15.2. The van der Waals surface area contributed by atoms with Gasteiger partial charge in [-0.3, -0.25) is 4.68 Å². The number of carbonyl (C=O) groups excluding carboxylic acids is 1. The number of hydrogen-bond acceptors (Lipinski definition) is 4. The van der Waals surface area contributed by atoms with Gasteiger partial charge in [0.25, 0.3) is 0 Å². The molecule has 2 fully saturated rings. The van der Waals surface area contributed by atoms with E-state index in [1.807, 2.05) is 32.6 Å². The molecular weight excluding hydrogens is 306 g/mol. The van der Waals surface area contributed by atoms with Gasteiger partial charge in [-0.15, -0.1) is 0 Å². The van der Waals surface area contributed by atoms with E-state index in [-0.39, 0.29) is 6.09 Å². The first-order valence-corrected chi connectivity index (χ1v) is 8.95. The molecule has 6 nitrogen and oxygen atoms in total. The van der Waals surface area contributed by atoms with E-state index in [0.29, 0.717) is 12.0 Å². The number of hydrogen-bond donors (Lipinski definition) is 0. The molecule has 3 rings (SSSR count). The highest BCUT2D eigenvalue weighted by atomic mass is 16.6. The van der Waals surface area contributed by atoms with Crippen LogP contribution in [0, 0.1) is 6.92 Å². The van der Waals surface area contributed by atoms with Crippen molar-refractivity contribution in [3.8, 4) is 0 Å². The van der Waals surface area contributed by atoms with Crippen LogP contribution >= 0.6 is 0 Å². The van der Waals surface area contributed by atoms with Gasteiger partial charge < -0.3 is 14.4 Å². The molecule has 2 aliphatic heterocycles. The minimum atomic E-state index is -0.438. The Morgan fingerprint density at radius 1 is 1.29 bits per heavy atom. The number of aryl methyl sites for hydroxylation is 1. The summed E-state index contributed by atoms with van der Waals surface area (Å²) in [5.41, 5.74) is 1.92. The van der Waals surface area contributed by atoms with Gasteiger partial charge in [0.15, 0.2) is 0 Å². The summed E-state index contributed by atoms with van der Waals surface area (Å²) in [6, 6.07) is 2.56. The third-order valence-electron chi connectivity index (χ3n) is 4.70. The molecule has 0 saturated carbocycles. The Hall–Kier alpha value is -1.56. The van der Waals surface area contributed by atoms with Gasteiger partial charge in [0.2, 0.25) is 0 Å². The summed E-state index contributed by atoms with van der Waals surface area (Å²) in [6.45, 7) is 10.8. The molecule has 24 heavy (non-hydrogen) atoms. The fraction of sp³-hybridized carbons (Fsp3) is 0.778. The van der Waals surface area contributed by atoms with Crippen molar-refractivity contribution in [3.05, 3.63) is 17.5 Å². The van der Waals surface area contributed by atoms with Crippen molar-refractivity contribution >= 4 is 6.09 Å². The van der Waals surface area contributed by atoms with Crippen LogP contribution in [0.15, 0.2) is 6.07 Å². The van der Waals surface area contributed by atoms with Gasteiger partial charge >= 0.3 is 6.09 Å². The van der Waals surface area contributed by atoms with E-state index in [2.05, 4.69) is 10.7 Å². The fourth-order valence-corrected chi connectivity index (χ4v) is 3.53. The Morgan fingerprint density at radius 3 is 2.58 bits per heavy atom. The number of amides is 1. The highest BCUT2D eigenvalue weighted by Crippen LogP contribution is 2.32. The molecule has 1 amide bonds. The molecule has 3 heterocycles. The molecule has 1 aromatic heterocycles. The van der Waals surface area contributed by atoms with E-state index in [1.54, 1.807) is 0 Å². The standard InChI is InChI=1S/C18H29N3O3/c1-13-11-16(21(19-13)15-7-10-23-12-15)14-5-8-20(9-6-14)17(22)24-18(2,3)4/h11,14-15H,5-10,12H2,1-4H3. The maximum atomic E-state index is 12.2. The minimum absolute atomic E-state index is 0.199. The second-order valence-corrected chi connectivity index (χ2v) is 7.91. The average molecular weight is 335 g/mol. The van der Waals surface area contributed by atoms with Gasteiger partial charge in [0.05, 0.1) is 18.3 Å². The van der Waals surface area contributed by atoms with Crippen LogP contribution in [0.2, 0.25) is 0 Å². The van der Waals surface area contributed by atoms with Gasteiger partial charge in [0.1, 0.15) is 5.60 Å². The summed E-state index contributed by atoms with van der Waals surface area (Å²) >= 11 is 0. The number of likely N-dealkylation sites (tertiary alicyclic amines) is 1. The maximum Gasteiger partial charge on any atom is 0.410 e. The highest BCUT2D eigenvalue weighted by molar-refractivity contribution is 5.68. The lowest BCUT2D eigenvalue weighted by Gasteiger charge is -2.34. The van der Waals surface area contributed by atoms with Crippen molar-refractivity contribution in [3.63, 3.8) is 0 Å². The Bertz CT molecular complexity index is 577. The predicted octanol–water partition coefficient (Wildman–Crippen LogP) is 3.27. The van der Waals surface area contributed by atoms with Crippen LogP contribution in [0.4, 0.5) is 4.79 Å². The molecule has 0 aromatic carbocycles. The average Bonchev–Trinajstić information content (AvgIpc) is 3.14. The molecule has 0 radical (unpaired) electrons. The van der Waals surface area contributed by atoms with Crippen LogP contribution in [-0.2, 0) is 9.47 Å². The number of piperidine rings is 1. The topological polar surface area (TPSA) is 56.6 Å². The highest BCUT2D eigenvalue weighted by Gasteiger charge is 2.31. The van der Waals surface area contributed by atoms with Crippen molar-refractivity contribution in [1.82, 2.24) is 14.7 Å². The molecule has 0 aliphatic carbocycles. The zero-order valence-corrected chi connectivity index (χ0v) is 15.2. The molecule has 2 saturated heterocycles. The molecule has 0 bridgehead atoms. The normalized spacial score (nSPS) is 22.8. The Kier molecular flexibility index (Phi) is 4.85. The molecule has 1 aromatic rings. The third kappa shape index (κ3) is 3.91. The molecular formula is C18H29N3O3. The largest absolute Gasteiger partial charge is 0.444 e. The van der Waals surface area contributed by atoms with E-state index < -0.39 is 5.60 Å². The van der Waals surface area contributed by atoms with Crippen LogP contribution in [0.1, 0.15) is 63.4 Å². The number of aromatic nitrogens is 2. The van der Waals surface area contributed by atoms with E-state index in [0.717, 1.165) is 51.3 Å². The van der Waals surface area contributed by atoms with E-state index >= 15 is 0 Å². The summed E-state index contributed by atoms with van der Waals surface area (Å²) in [5, 5.41) is 4.70. The smallest absolute Gasteiger partial charge is 0.410 e. The first kappa shape index (κ1) is 17.3. The summed E-state index contributed by atoms with van der Waals surface area (Å²) in [7, 11) is 0. The maximum absolute atomic E-state index is 12.2. The van der Waals surface area contributed by atoms with Gasteiger partial charge in [-0.1, -0.05) is 0 Å². The molecule has 1 atom stereocenters. The first-order valence-electron chi connectivity index (χ1n) is 8.95. The molecule has 0 spiro atoms. The predicted molar refractivity (Wildman–Crippen MR) is 91.2 cm³/mol. The summed E-state index contributed by atoms with van der Waals surface area (Å²) in [5.74, 6) is 0.450. The summed E-state index contributed by atoms with van der Waals surface area (Å²) in [4.78, 5) is 14.0. The molecule has 0 N–H and O–H groups in total. The Morgan fingerprint density at radius 2 is 2.00 bits per heavy atom. The monoisotopic (exact) mass is 335 g/mol. The molecule has 2 aliphatic rings. The Labute approximate surface area is 144 Å². The van der Waals surface area contributed by atoms with Crippen molar-refractivity contribution in [2.45, 2.75) is 64.5 Å². The SMILES string of the molecule is Cc1cc(C2CCN(C(=O)OC(C)(C)C)CC2)n(C2CCOC2)n1. The van der Waals surface area contributed by atoms with Gasteiger partial charge in [-0.05, 0) is 53.0 Å². The minimum Gasteiger partial charge on any atom is -0.444 e. The van der Waals surface area contributed by atoms with Gasteiger partial charge in [0, 0.05) is 31.3 Å². The van der Waals surface area contributed by atoms with Gasteiger partial charge in [-0.25, -0.2) is 4.79 Å². The summed E-state index contributed by atoms with van der Waals surface area (Å²) < 4.78 is 13.2. The van der Waals surface area contributed by atoms with Crippen LogP contribution in [0.5, 0.6) is 0 Å². The first-order chi connectivity index (χ1) is 11.3. The van der Waals surface area contributed by atoms with Crippen LogP contribution in [0.3, 0.4) is 0 Å². The third-order valence-corrected chi connectivity index (χ3v) is 4.70. The number of rotatable bonds is 2. The molecule has 134 valence electrons. The number of nitrogens with zero attached hydrogens (tertiary/aromatic N) is 3. The lowest BCUT2D eigenvalue weighted by atomic mass is 9.93. The second-order valence-electron chi connectivity index (χ2n) is 7.91. The van der Waals surface area contributed by atoms with Crippen molar-refractivity contribution in [2.24, 2.45) is 0 Å². The van der Waals surface area contributed by atoms with Crippen molar-refractivity contribution < 1.29 is 14.3 Å². The van der Waals surface area contributed by atoms with E-state index in [4.69, 9.17) is 14.6 Å². The van der Waals surface area contributed by atoms with Crippen LogP contribution in [-0.4, -0.2) is 52.7 Å². The lowest BCUT2D eigenvalue weighted by Crippen LogP contribution is -2.41. The van der Waals surface area contributed by atoms with Crippen molar-refractivity contribution in [1.29, 1.82) is 0 Å². The van der Waals surface area contributed by atoms with Crippen LogP contribution < -0.4 is 0 Å². The fourth-order valence-electron chi connectivity index (χ4n) is 3.53. The lowest BCUT2D eigenvalue weighted by molar-refractivity contribution is 0.0203. The van der Waals surface area contributed by atoms with Crippen molar-refractivity contribution in [2.75, 3.05) is 26.3 Å². The van der Waals surface area contributed by atoms with Gasteiger partial charge in [-0.2, -0.15) is 5.10 Å². The quantitative estimate of drug-likeness (QED) is 0.832.